The molecule has 0 aliphatic carbocycles. The van der Waals surface area contributed by atoms with Crippen molar-refractivity contribution >= 4 is 0 Å². The zero-order chi connectivity index (χ0) is 8.69. The Labute approximate surface area is 70.8 Å². The van der Waals surface area contributed by atoms with E-state index >= 15 is 0 Å². The van der Waals surface area contributed by atoms with E-state index in [0.717, 1.165) is 6.54 Å². The third kappa shape index (κ3) is 7.82. The fourth-order valence-electron chi connectivity index (χ4n) is 1.18. The largest absolute Gasteiger partial charge is 0.328 e. The standard InChI is InChI=1S/C9H22N2/c1-4-6-9(10)7-5-8-11(2)3/h9H,4-8,10H2,1-3H3. The van der Waals surface area contributed by atoms with Crippen LogP contribution in [0.1, 0.15) is 32.6 Å². The van der Waals surface area contributed by atoms with Gasteiger partial charge in [-0.15, -0.1) is 0 Å². The van der Waals surface area contributed by atoms with Crippen LogP contribution in [-0.2, 0) is 0 Å². The lowest BCUT2D eigenvalue weighted by atomic mass is 10.1. The molecule has 2 heteroatoms. The van der Waals surface area contributed by atoms with Crippen molar-refractivity contribution in [2.45, 2.75) is 38.6 Å². The topological polar surface area (TPSA) is 29.3 Å². The third-order valence-corrected chi connectivity index (χ3v) is 1.84. The Morgan fingerprint density at radius 3 is 2.36 bits per heavy atom. The number of rotatable bonds is 6. The molecule has 68 valence electrons. The highest BCUT2D eigenvalue weighted by molar-refractivity contribution is 4.60. The molecule has 0 aromatic carbocycles. The molecule has 2 nitrogen and oxygen atoms in total. The smallest absolute Gasteiger partial charge is 0.00392 e. The highest BCUT2D eigenvalue weighted by atomic mass is 15.0. The normalized spacial score (nSPS) is 13.9. The van der Waals surface area contributed by atoms with Crippen LogP contribution >= 0.6 is 0 Å². The lowest BCUT2D eigenvalue weighted by Crippen LogP contribution is -2.22. The molecule has 0 bridgehead atoms. The summed E-state index contributed by atoms with van der Waals surface area (Å²) in [7, 11) is 4.21. The van der Waals surface area contributed by atoms with Crippen molar-refractivity contribution in [1.82, 2.24) is 4.90 Å². The van der Waals surface area contributed by atoms with Crippen LogP contribution in [0.15, 0.2) is 0 Å². The summed E-state index contributed by atoms with van der Waals surface area (Å²) in [6, 6.07) is 0.431. The Hall–Kier alpha value is -0.0800. The maximum absolute atomic E-state index is 5.85. The first-order valence-corrected chi connectivity index (χ1v) is 4.57. The van der Waals surface area contributed by atoms with E-state index in [9.17, 15) is 0 Å². The van der Waals surface area contributed by atoms with Gasteiger partial charge in [-0.05, 0) is 39.9 Å². The average Bonchev–Trinajstić information content (AvgIpc) is 1.87. The molecule has 2 N–H and O–H groups in total. The fourth-order valence-corrected chi connectivity index (χ4v) is 1.18. The molecule has 0 heterocycles. The molecule has 0 saturated heterocycles. The Balaban J connectivity index is 3.10. The molecule has 1 atom stereocenters. The van der Waals surface area contributed by atoms with Gasteiger partial charge in [0.2, 0.25) is 0 Å². The molecule has 0 saturated carbocycles. The second kappa shape index (κ2) is 6.62. The van der Waals surface area contributed by atoms with E-state index in [1.54, 1.807) is 0 Å². The molecule has 0 aliphatic heterocycles. The molecule has 0 aromatic rings. The van der Waals surface area contributed by atoms with Crippen LogP contribution in [-0.4, -0.2) is 31.6 Å². The van der Waals surface area contributed by atoms with Crippen molar-refractivity contribution in [3.05, 3.63) is 0 Å². The molecule has 0 amide bonds. The van der Waals surface area contributed by atoms with Crippen molar-refractivity contribution in [3.8, 4) is 0 Å². The van der Waals surface area contributed by atoms with E-state index in [-0.39, 0.29) is 0 Å². The van der Waals surface area contributed by atoms with E-state index < -0.39 is 0 Å². The van der Waals surface area contributed by atoms with Crippen molar-refractivity contribution in [2.24, 2.45) is 5.73 Å². The molecule has 0 radical (unpaired) electrons. The molecular weight excluding hydrogens is 136 g/mol. The maximum atomic E-state index is 5.85. The zero-order valence-corrected chi connectivity index (χ0v) is 8.14. The quantitative estimate of drug-likeness (QED) is 0.634. The molecule has 1 unspecified atom stereocenters. The summed E-state index contributed by atoms with van der Waals surface area (Å²) < 4.78 is 0. The van der Waals surface area contributed by atoms with E-state index in [4.69, 9.17) is 5.73 Å². The summed E-state index contributed by atoms with van der Waals surface area (Å²) in [5.74, 6) is 0. The van der Waals surface area contributed by atoms with Gasteiger partial charge in [-0.1, -0.05) is 13.3 Å². The molecular formula is C9H22N2. The van der Waals surface area contributed by atoms with Gasteiger partial charge in [-0.25, -0.2) is 0 Å². The zero-order valence-electron chi connectivity index (χ0n) is 8.14. The van der Waals surface area contributed by atoms with Crippen molar-refractivity contribution in [1.29, 1.82) is 0 Å². The van der Waals surface area contributed by atoms with Crippen LogP contribution in [0.25, 0.3) is 0 Å². The van der Waals surface area contributed by atoms with Gasteiger partial charge in [0.25, 0.3) is 0 Å². The Morgan fingerprint density at radius 1 is 1.27 bits per heavy atom. The molecule has 0 rings (SSSR count). The van der Waals surface area contributed by atoms with E-state index in [1.807, 2.05) is 0 Å². The summed E-state index contributed by atoms with van der Waals surface area (Å²) in [5.41, 5.74) is 5.85. The van der Waals surface area contributed by atoms with Crippen LogP contribution in [0.5, 0.6) is 0 Å². The third-order valence-electron chi connectivity index (χ3n) is 1.84. The summed E-state index contributed by atoms with van der Waals surface area (Å²) in [6.45, 7) is 3.35. The lowest BCUT2D eigenvalue weighted by molar-refractivity contribution is 0.381. The average molecular weight is 158 g/mol. The van der Waals surface area contributed by atoms with Gasteiger partial charge in [-0.3, -0.25) is 0 Å². The maximum Gasteiger partial charge on any atom is 0.00392 e. The lowest BCUT2D eigenvalue weighted by Gasteiger charge is -2.12. The molecule has 0 aliphatic rings. The van der Waals surface area contributed by atoms with E-state index in [0.29, 0.717) is 6.04 Å². The van der Waals surface area contributed by atoms with Gasteiger partial charge in [0.05, 0.1) is 0 Å². The first kappa shape index (κ1) is 10.9. The van der Waals surface area contributed by atoms with Gasteiger partial charge in [0, 0.05) is 6.04 Å². The van der Waals surface area contributed by atoms with Gasteiger partial charge in [-0.2, -0.15) is 0 Å². The van der Waals surface area contributed by atoms with Crippen LogP contribution in [0.2, 0.25) is 0 Å². The number of nitrogens with zero attached hydrogens (tertiary/aromatic N) is 1. The minimum Gasteiger partial charge on any atom is -0.328 e. The van der Waals surface area contributed by atoms with Crippen LogP contribution in [0, 0.1) is 0 Å². The minimum atomic E-state index is 0.431. The molecule has 0 spiro atoms. The van der Waals surface area contributed by atoms with Crippen LogP contribution in [0.3, 0.4) is 0 Å². The Kier molecular flexibility index (Phi) is 6.57. The van der Waals surface area contributed by atoms with Crippen molar-refractivity contribution < 1.29 is 0 Å². The summed E-state index contributed by atoms with van der Waals surface area (Å²) in [5, 5.41) is 0. The monoisotopic (exact) mass is 158 g/mol. The fraction of sp³-hybridized carbons (Fsp3) is 1.00. The van der Waals surface area contributed by atoms with Crippen LogP contribution in [0.4, 0.5) is 0 Å². The molecule has 11 heavy (non-hydrogen) atoms. The Morgan fingerprint density at radius 2 is 1.91 bits per heavy atom. The van der Waals surface area contributed by atoms with Crippen molar-refractivity contribution in [3.63, 3.8) is 0 Å². The Bertz CT molecular complexity index is 81.6. The van der Waals surface area contributed by atoms with Gasteiger partial charge < -0.3 is 10.6 Å². The SMILES string of the molecule is CCCC(N)CCCN(C)C. The first-order valence-electron chi connectivity index (χ1n) is 4.57. The summed E-state index contributed by atoms with van der Waals surface area (Å²) >= 11 is 0. The number of hydrogen-bond acceptors (Lipinski definition) is 2. The highest BCUT2D eigenvalue weighted by Gasteiger charge is 2.00. The summed E-state index contributed by atoms with van der Waals surface area (Å²) in [4.78, 5) is 2.21. The first-order chi connectivity index (χ1) is 5.16. The van der Waals surface area contributed by atoms with Gasteiger partial charge in [0.1, 0.15) is 0 Å². The van der Waals surface area contributed by atoms with E-state index in [2.05, 4.69) is 25.9 Å². The predicted molar refractivity (Wildman–Crippen MR) is 50.7 cm³/mol. The van der Waals surface area contributed by atoms with Crippen LogP contribution < -0.4 is 5.73 Å². The number of hydrogen-bond donors (Lipinski definition) is 1. The van der Waals surface area contributed by atoms with E-state index in [1.165, 1.54) is 25.7 Å². The van der Waals surface area contributed by atoms with Crippen molar-refractivity contribution in [2.75, 3.05) is 20.6 Å². The second-order valence-electron chi connectivity index (χ2n) is 3.49. The highest BCUT2D eigenvalue weighted by Crippen LogP contribution is 2.01. The van der Waals surface area contributed by atoms with Gasteiger partial charge >= 0.3 is 0 Å². The van der Waals surface area contributed by atoms with Gasteiger partial charge in [0.15, 0.2) is 0 Å². The number of nitrogens with two attached hydrogens (primary N) is 1. The molecule has 0 fully saturated rings. The molecule has 0 aromatic heterocycles. The minimum absolute atomic E-state index is 0.431. The summed E-state index contributed by atoms with van der Waals surface area (Å²) in [6.07, 6.45) is 4.79. The predicted octanol–water partition coefficient (Wildman–Crippen LogP) is 1.46. The second-order valence-corrected chi connectivity index (χ2v) is 3.49.